The molecule has 1 saturated heterocycles. The molecule has 2 aromatic carbocycles. The topological polar surface area (TPSA) is 103 Å². The van der Waals surface area contributed by atoms with E-state index in [4.69, 9.17) is 14.5 Å². The molecule has 1 fully saturated rings. The van der Waals surface area contributed by atoms with E-state index in [1.165, 1.54) is 6.33 Å². The van der Waals surface area contributed by atoms with Gasteiger partial charge >= 0.3 is 0 Å². The molecule has 10 nitrogen and oxygen atoms in total. The molecule has 2 atom stereocenters. The van der Waals surface area contributed by atoms with Gasteiger partial charge in [0.05, 0.1) is 35.8 Å². The van der Waals surface area contributed by atoms with Gasteiger partial charge in [-0.2, -0.15) is 0 Å². The van der Waals surface area contributed by atoms with E-state index in [0.29, 0.717) is 22.8 Å². The van der Waals surface area contributed by atoms with Gasteiger partial charge in [-0.05, 0) is 56.7 Å². The van der Waals surface area contributed by atoms with Gasteiger partial charge in [-0.1, -0.05) is 0 Å². The number of morpholine rings is 1. The number of rotatable bonds is 5. The van der Waals surface area contributed by atoms with E-state index in [-0.39, 0.29) is 12.2 Å². The van der Waals surface area contributed by atoms with Crippen molar-refractivity contribution in [3.8, 4) is 11.5 Å². The minimum atomic E-state index is 0.113. The van der Waals surface area contributed by atoms with Crippen LogP contribution in [0.5, 0.6) is 11.5 Å². The Morgan fingerprint density at radius 3 is 2.62 bits per heavy atom. The molecule has 10 heteroatoms. The van der Waals surface area contributed by atoms with Crippen LogP contribution in [0.25, 0.3) is 22.1 Å². The van der Waals surface area contributed by atoms with Crippen LogP contribution in [0.4, 0.5) is 17.5 Å². The highest BCUT2D eigenvalue weighted by Crippen LogP contribution is 2.31. The Morgan fingerprint density at radius 2 is 1.81 bits per heavy atom. The van der Waals surface area contributed by atoms with E-state index in [9.17, 15) is 0 Å². The van der Waals surface area contributed by atoms with Gasteiger partial charge in [0.25, 0.3) is 0 Å². The van der Waals surface area contributed by atoms with E-state index in [2.05, 4.69) is 44.0 Å². The zero-order valence-corrected chi connectivity index (χ0v) is 21.2. The lowest BCUT2D eigenvalue weighted by molar-refractivity contribution is -0.00570. The summed E-state index contributed by atoms with van der Waals surface area (Å²) in [5.41, 5.74) is 5.16. The van der Waals surface area contributed by atoms with Crippen LogP contribution in [0, 0.1) is 6.92 Å². The summed E-state index contributed by atoms with van der Waals surface area (Å²) in [5, 5.41) is 3.40. The molecule has 1 aliphatic rings. The quantitative estimate of drug-likeness (QED) is 0.369. The molecule has 1 aliphatic heterocycles. The number of fused-ring (bicyclic) bond motifs is 2. The number of ether oxygens (including phenoxy) is 2. The number of benzene rings is 2. The van der Waals surface area contributed by atoms with Crippen molar-refractivity contribution in [1.82, 2.24) is 29.5 Å². The van der Waals surface area contributed by atoms with Crippen molar-refractivity contribution in [2.75, 3.05) is 23.3 Å². The first-order chi connectivity index (χ1) is 17.9. The summed E-state index contributed by atoms with van der Waals surface area (Å²) in [5.74, 6) is 2.79. The second-order valence-electron chi connectivity index (χ2n) is 9.50. The summed E-state index contributed by atoms with van der Waals surface area (Å²) < 4.78 is 14.0. The van der Waals surface area contributed by atoms with E-state index < -0.39 is 0 Å². The Bertz CT molecular complexity index is 1590. The lowest BCUT2D eigenvalue weighted by Gasteiger charge is -2.35. The molecule has 0 saturated carbocycles. The molecule has 188 valence electrons. The zero-order chi connectivity index (χ0) is 25.5. The van der Waals surface area contributed by atoms with Crippen molar-refractivity contribution in [3.05, 3.63) is 60.8 Å². The van der Waals surface area contributed by atoms with Gasteiger partial charge < -0.3 is 24.3 Å². The third kappa shape index (κ3) is 4.63. The third-order valence-electron chi connectivity index (χ3n) is 6.43. The van der Waals surface area contributed by atoms with E-state index in [1.54, 1.807) is 12.5 Å². The number of aromatic nitrogens is 6. The summed E-state index contributed by atoms with van der Waals surface area (Å²) in [6, 6.07) is 11.8. The minimum Gasteiger partial charge on any atom is -0.457 e. The standard InChI is InChI=1S/C27H28N8O2/c1-16-9-19(5-8-24(16)37-20-6-7-23-21(10-20)31-15-34(23)4)32-26-25-22(29-14-30-26)11-28-27(33-25)35-12-17(2)36-18(3)13-35/h5-11,14-15,17-18H,12-13H2,1-4H3,(H,29,30,32)/t17-,18+. The van der Waals surface area contributed by atoms with Gasteiger partial charge in [0.1, 0.15) is 28.9 Å². The molecule has 1 N–H and O–H groups in total. The van der Waals surface area contributed by atoms with Gasteiger partial charge in [0.15, 0.2) is 5.82 Å². The van der Waals surface area contributed by atoms with E-state index >= 15 is 0 Å². The molecule has 4 heterocycles. The highest BCUT2D eigenvalue weighted by Gasteiger charge is 2.24. The van der Waals surface area contributed by atoms with Crippen LogP contribution in [-0.4, -0.2) is 54.8 Å². The lowest BCUT2D eigenvalue weighted by atomic mass is 10.2. The van der Waals surface area contributed by atoms with Crippen LogP contribution in [-0.2, 0) is 11.8 Å². The molecule has 0 spiro atoms. The largest absolute Gasteiger partial charge is 0.457 e. The van der Waals surface area contributed by atoms with Crippen LogP contribution in [0.1, 0.15) is 19.4 Å². The van der Waals surface area contributed by atoms with Gasteiger partial charge in [0.2, 0.25) is 5.95 Å². The first-order valence-corrected chi connectivity index (χ1v) is 12.3. The molecule has 5 aromatic rings. The van der Waals surface area contributed by atoms with Crippen LogP contribution < -0.4 is 15.0 Å². The summed E-state index contributed by atoms with van der Waals surface area (Å²) in [6.07, 6.45) is 5.29. The lowest BCUT2D eigenvalue weighted by Crippen LogP contribution is -2.46. The molecule has 6 rings (SSSR count). The number of anilines is 3. The highest BCUT2D eigenvalue weighted by molar-refractivity contribution is 5.87. The SMILES string of the molecule is Cc1cc(Nc2ncnc3cnc(N4C[C@@H](C)O[C@@H](C)C4)nc23)ccc1Oc1ccc2c(c1)ncn2C. The van der Waals surface area contributed by atoms with Gasteiger partial charge in [-0.3, -0.25) is 0 Å². The first kappa shape index (κ1) is 23.1. The maximum absolute atomic E-state index is 6.16. The second-order valence-corrected chi connectivity index (χ2v) is 9.50. The summed E-state index contributed by atoms with van der Waals surface area (Å²) >= 11 is 0. The molecular weight excluding hydrogens is 468 g/mol. The molecule has 0 aliphatic carbocycles. The number of hydrogen-bond donors (Lipinski definition) is 1. The van der Waals surface area contributed by atoms with Crippen molar-refractivity contribution < 1.29 is 9.47 Å². The maximum Gasteiger partial charge on any atom is 0.226 e. The number of imidazole rings is 1. The average Bonchev–Trinajstić information content (AvgIpc) is 3.25. The predicted molar refractivity (Wildman–Crippen MR) is 143 cm³/mol. The van der Waals surface area contributed by atoms with Crippen molar-refractivity contribution in [2.45, 2.75) is 33.0 Å². The molecule has 0 radical (unpaired) electrons. The Kier molecular flexibility index (Phi) is 5.80. The number of aryl methyl sites for hydroxylation is 2. The van der Waals surface area contributed by atoms with Crippen LogP contribution in [0.15, 0.2) is 55.2 Å². The Morgan fingerprint density at radius 1 is 0.973 bits per heavy atom. The van der Waals surface area contributed by atoms with Crippen molar-refractivity contribution in [3.63, 3.8) is 0 Å². The molecule has 0 amide bonds. The maximum atomic E-state index is 6.16. The Hall–Kier alpha value is -4.31. The van der Waals surface area contributed by atoms with Gasteiger partial charge in [-0.25, -0.2) is 24.9 Å². The average molecular weight is 497 g/mol. The third-order valence-corrected chi connectivity index (χ3v) is 6.43. The number of nitrogens with one attached hydrogen (secondary N) is 1. The van der Waals surface area contributed by atoms with E-state index in [0.717, 1.165) is 46.9 Å². The van der Waals surface area contributed by atoms with E-state index in [1.807, 2.05) is 54.9 Å². The molecule has 3 aromatic heterocycles. The van der Waals surface area contributed by atoms with Gasteiger partial charge in [0, 0.05) is 31.9 Å². The molecule has 37 heavy (non-hydrogen) atoms. The van der Waals surface area contributed by atoms with Crippen molar-refractivity contribution in [2.24, 2.45) is 7.05 Å². The number of hydrogen-bond acceptors (Lipinski definition) is 9. The van der Waals surface area contributed by atoms with Crippen molar-refractivity contribution in [1.29, 1.82) is 0 Å². The van der Waals surface area contributed by atoms with Crippen LogP contribution >= 0.6 is 0 Å². The molecule has 0 unspecified atom stereocenters. The van der Waals surface area contributed by atoms with Crippen LogP contribution in [0.3, 0.4) is 0 Å². The fourth-order valence-corrected chi connectivity index (χ4v) is 4.71. The highest BCUT2D eigenvalue weighted by atomic mass is 16.5. The van der Waals surface area contributed by atoms with Crippen molar-refractivity contribution >= 4 is 39.5 Å². The summed E-state index contributed by atoms with van der Waals surface area (Å²) in [7, 11) is 1.98. The fourth-order valence-electron chi connectivity index (χ4n) is 4.71. The Balaban J connectivity index is 1.25. The first-order valence-electron chi connectivity index (χ1n) is 12.3. The predicted octanol–water partition coefficient (Wildman–Crippen LogP) is 4.76. The fraction of sp³-hybridized carbons (Fsp3) is 0.296. The number of nitrogens with zero attached hydrogens (tertiary/aromatic N) is 7. The Labute approximate surface area is 214 Å². The molecule has 0 bridgehead atoms. The molecular formula is C27H28N8O2. The normalized spacial score (nSPS) is 17.9. The summed E-state index contributed by atoms with van der Waals surface area (Å²) in [4.78, 5) is 24.8. The summed E-state index contributed by atoms with van der Waals surface area (Å²) in [6.45, 7) is 7.61. The monoisotopic (exact) mass is 496 g/mol. The smallest absolute Gasteiger partial charge is 0.226 e. The van der Waals surface area contributed by atoms with Crippen LogP contribution in [0.2, 0.25) is 0 Å². The van der Waals surface area contributed by atoms with Gasteiger partial charge in [-0.15, -0.1) is 0 Å². The second kappa shape index (κ2) is 9.29. The minimum absolute atomic E-state index is 0.113. The zero-order valence-electron chi connectivity index (χ0n) is 21.2.